The number of hydrogen-bond acceptors (Lipinski definition) is 25. The Bertz CT molecular complexity index is 2270. The van der Waals surface area contributed by atoms with Crippen molar-refractivity contribution in [1.82, 2.24) is 49.8 Å². The minimum atomic E-state index is -0.471. The first-order valence-electron chi connectivity index (χ1n) is 22.3. The van der Waals surface area contributed by atoms with Crippen molar-refractivity contribution in [3.05, 3.63) is 106 Å². The number of anilines is 4. The van der Waals surface area contributed by atoms with E-state index in [0.717, 1.165) is 101 Å². The Morgan fingerprint density at radius 2 is 0.859 bits per heavy atom. The fourth-order valence-electron chi connectivity index (χ4n) is 6.21. The number of rotatable bonds is 10. The summed E-state index contributed by atoms with van der Waals surface area (Å²) >= 11 is 5.39. The first-order chi connectivity index (χ1) is 34.7. The molecule has 9 rings (SSSR count). The van der Waals surface area contributed by atoms with Crippen LogP contribution in [0.25, 0.3) is 10.4 Å². The zero-order chi connectivity index (χ0) is 50.5. The number of esters is 2. The molecular weight excluding hydrogens is 948 g/mol. The number of aromatic nitrogens is 10. The molecule has 0 spiro atoms. The van der Waals surface area contributed by atoms with Gasteiger partial charge in [-0.2, -0.15) is 0 Å². The van der Waals surface area contributed by atoms with Crippen molar-refractivity contribution in [3.8, 4) is 0 Å². The van der Waals surface area contributed by atoms with Gasteiger partial charge < -0.3 is 58.9 Å². The Morgan fingerprint density at radius 3 is 1.15 bits per heavy atom. The van der Waals surface area contributed by atoms with Crippen LogP contribution in [0.2, 0.25) is 5.28 Å². The van der Waals surface area contributed by atoms with E-state index in [0.29, 0.717) is 62.9 Å². The quantitative estimate of drug-likeness (QED) is 0.0661. The molecule has 5 aromatic rings. The molecule has 0 amide bonds. The largest absolute Gasteiger partial charge is 0.465 e. The van der Waals surface area contributed by atoms with Crippen molar-refractivity contribution in [2.45, 2.75) is 19.7 Å². The summed E-state index contributed by atoms with van der Waals surface area (Å²) in [5.41, 5.74) is 16.8. The van der Waals surface area contributed by atoms with Crippen LogP contribution in [0.1, 0.15) is 37.4 Å². The van der Waals surface area contributed by atoms with Crippen LogP contribution in [0.3, 0.4) is 0 Å². The van der Waals surface area contributed by atoms with Crippen LogP contribution >= 0.6 is 11.6 Å². The van der Waals surface area contributed by atoms with Gasteiger partial charge in [-0.05, 0) is 22.7 Å². The molecule has 9 heterocycles. The van der Waals surface area contributed by atoms with E-state index in [4.69, 9.17) is 46.9 Å². The smallest absolute Gasteiger partial charge is 0.341 e. The van der Waals surface area contributed by atoms with Gasteiger partial charge in [0.15, 0.2) is 0 Å². The SMILES string of the molecule is COC(=O)c1cnc(Cl)nc1.COC(=O)c1cnc(N2CCOCC2)nc1.NCc1cnc(N2CCOCC2)nc1.OCc1cnc(N2CCOCC2)nc1.[N-]=[N+]=NCc1cnc(N2CCOCC2)nc1. The van der Waals surface area contributed by atoms with Gasteiger partial charge in [-0.1, -0.05) is 5.11 Å². The average Bonchev–Trinajstić information content (AvgIpc) is 3.46. The van der Waals surface area contributed by atoms with Gasteiger partial charge in [0.05, 0.1) is 91.4 Å². The third-order valence-electron chi connectivity index (χ3n) is 10.1. The minimum absolute atomic E-state index is 0.0105. The second-order valence-corrected chi connectivity index (χ2v) is 15.2. The number of nitrogens with zero attached hydrogens (tertiary/aromatic N) is 17. The summed E-state index contributed by atoms with van der Waals surface area (Å²) in [6.07, 6.45) is 15.8. The van der Waals surface area contributed by atoms with E-state index in [9.17, 15) is 9.59 Å². The monoisotopic (exact) mass is 1000 g/mol. The summed E-state index contributed by atoms with van der Waals surface area (Å²) in [6, 6.07) is 0. The maximum absolute atomic E-state index is 11.2. The van der Waals surface area contributed by atoms with Crippen LogP contribution in [0, 0.1) is 0 Å². The molecule has 4 fully saturated rings. The van der Waals surface area contributed by atoms with Gasteiger partial charge in [0.25, 0.3) is 0 Å². The second-order valence-electron chi connectivity index (χ2n) is 14.8. The highest BCUT2D eigenvalue weighted by Gasteiger charge is 2.17. The average molecular weight is 1010 g/mol. The lowest BCUT2D eigenvalue weighted by molar-refractivity contribution is 0.0590. The van der Waals surface area contributed by atoms with Crippen LogP contribution < -0.4 is 25.3 Å². The topological polar surface area (TPSA) is 326 Å². The van der Waals surface area contributed by atoms with Gasteiger partial charge >= 0.3 is 11.9 Å². The Balaban J connectivity index is 0.000000166. The van der Waals surface area contributed by atoms with E-state index in [1.54, 1.807) is 37.2 Å². The minimum Gasteiger partial charge on any atom is -0.465 e. The molecule has 380 valence electrons. The Labute approximate surface area is 414 Å². The maximum atomic E-state index is 11.2. The summed E-state index contributed by atoms with van der Waals surface area (Å²) in [5, 5.41) is 12.4. The standard InChI is InChI=1S/C10H13N3O3.C9H12N6O.C9H14N4O.C9H13N3O2.C6H5ClN2O2/c1-15-9(14)8-6-11-10(12-7-8)13-2-4-16-5-3-13;10-14-13-7-8-5-11-9(12-6-8)15-1-3-16-4-2-15;10-5-8-6-11-9(12-7-8)13-1-3-14-4-2-13;13-7-8-5-10-9(11-6-8)12-1-3-14-4-2-12;1-11-5(10)4-2-8-6(7)9-3-4/h6-7H,2-5H2,1H3;5-6H,1-4,7H2;6-7H,1-5,10H2;5-6,13H,1-4,7H2;2-3H,1H3. The molecule has 0 aliphatic carbocycles. The van der Waals surface area contributed by atoms with Crippen LogP contribution in [-0.4, -0.2) is 186 Å². The Morgan fingerprint density at radius 1 is 0.563 bits per heavy atom. The van der Waals surface area contributed by atoms with E-state index < -0.39 is 11.9 Å². The molecular formula is C43H57ClN18O9. The van der Waals surface area contributed by atoms with Gasteiger partial charge in [-0.25, -0.2) is 59.4 Å². The molecule has 0 atom stereocenters. The molecule has 4 aliphatic heterocycles. The number of halogens is 1. The van der Waals surface area contributed by atoms with Crippen LogP contribution in [0.15, 0.2) is 67.1 Å². The van der Waals surface area contributed by atoms with Gasteiger partial charge in [-0.15, -0.1) is 0 Å². The van der Waals surface area contributed by atoms with Crippen molar-refractivity contribution >= 4 is 47.3 Å². The van der Waals surface area contributed by atoms with Crippen LogP contribution in [-0.2, 0) is 48.1 Å². The molecule has 4 saturated heterocycles. The summed E-state index contributed by atoms with van der Waals surface area (Å²) in [5.74, 6) is 1.91. The number of hydrogen-bond donors (Lipinski definition) is 2. The Kier molecular flexibility index (Phi) is 24.1. The van der Waals surface area contributed by atoms with E-state index in [2.05, 4.69) is 84.0 Å². The molecule has 27 nitrogen and oxygen atoms in total. The lowest BCUT2D eigenvalue weighted by Gasteiger charge is -2.26. The number of carbonyl (C=O) groups excluding carboxylic acids is 2. The summed E-state index contributed by atoms with van der Waals surface area (Å²) in [7, 11) is 2.62. The van der Waals surface area contributed by atoms with E-state index in [1.165, 1.54) is 39.0 Å². The number of aliphatic hydroxyl groups is 1. The predicted octanol–water partition coefficient (Wildman–Crippen LogP) is 1.72. The number of ether oxygens (including phenoxy) is 6. The summed E-state index contributed by atoms with van der Waals surface area (Å²) in [4.78, 5) is 73.7. The Hall–Kier alpha value is -7.10. The predicted molar refractivity (Wildman–Crippen MR) is 257 cm³/mol. The van der Waals surface area contributed by atoms with E-state index >= 15 is 0 Å². The van der Waals surface area contributed by atoms with Crippen molar-refractivity contribution in [2.75, 3.05) is 139 Å². The first kappa shape index (κ1) is 54.8. The van der Waals surface area contributed by atoms with Crippen molar-refractivity contribution in [2.24, 2.45) is 10.8 Å². The molecule has 3 N–H and O–H groups in total. The third kappa shape index (κ3) is 19.0. The maximum Gasteiger partial charge on any atom is 0.341 e. The lowest BCUT2D eigenvalue weighted by Crippen LogP contribution is -2.37. The molecule has 28 heteroatoms. The van der Waals surface area contributed by atoms with E-state index in [1.807, 2.05) is 4.90 Å². The fraction of sp³-hybridized carbons (Fsp3) is 0.488. The first-order valence-corrected chi connectivity index (χ1v) is 22.6. The molecule has 4 aliphatic rings. The summed E-state index contributed by atoms with van der Waals surface area (Å²) in [6.45, 7) is 13.1. The fourth-order valence-corrected chi connectivity index (χ4v) is 6.31. The highest BCUT2D eigenvalue weighted by Crippen LogP contribution is 2.13. The van der Waals surface area contributed by atoms with Crippen molar-refractivity contribution < 1.29 is 43.1 Å². The van der Waals surface area contributed by atoms with Gasteiger partial charge in [0, 0.05) is 137 Å². The molecule has 0 bridgehead atoms. The van der Waals surface area contributed by atoms with Crippen LogP contribution in [0.5, 0.6) is 0 Å². The number of carbonyl (C=O) groups is 2. The van der Waals surface area contributed by atoms with Crippen molar-refractivity contribution in [3.63, 3.8) is 0 Å². The number of aliphatic hydroxyl groups excluding tert-OH is 1. The highest BCUT2D eigenvalue weighted by molar-refractivity contribution is 6.28. The molecule has 0 radical (unpaired) electrons. The third-order valence-corrected chi connectivity index (χ3v) is 10.3. The van der Waals surface area contributed by atoms with E-state index in [-0.39, 0.29) is 17.5 Å². The molecule has 0 unspecified atom stereocenters. The summed E-state index contributed by atoms with van der Waals surface area (Å²) < 4.78 is 29.9. The molecule has 0 aromatic carbocycles. The number of nitrogens with two attached hydrogens (primary N) is 1. The molecule has 71 heavy (non-hydrogen) atoms. The highest BCUT2D eigenvalue weighted by atomic mass is 35.5. The zero-order valence-electron chi connectivity index (χ0n) is 39.5. The normalized spacial score (nSPS) is 15.3. The van der Waals surface area contributed by atoms with Crippen LogP contribution in [0.4, 0.5) is 23.8 Å². The number of azide groups is 1. The van der Waals surface area contributed by atoms with Gasteiger partial charge in [0.1, 0.15) is 0 Å². The molecule has 5 aromatic heterocycles. The van der Waals surface area contributed by atoms with Gasteiger partial charge in [0.2, 0.25) is 29.1 Å². The van der Waals surface area contributed by atoms with Crippen molar-refractivity contribution in [1.29, 1.82) is 0 Å². The number of morpholine rings is 4. The molecule has 0 saturated carbocycles. The zero-order valence-corrected chi connectivity index (χ0v) is 40.2. The number of methoxy groups -OCH3 is 2. The second kappa shape index (κ2) is 31.2. The van der Waals surface area contributed by atoms with Gasteiger partial charge in [-0.3, -0.25) is 0 Å². The lowest BCUT2D eigenvalue weighted by atomic mass is 10.3.